The highest BCUT2D eigenvalue weighted by Crippen LogP contribution is 2.31. The van der Waals surface area contributed by atoms with E-state index in [2.05, 4.69) is 35.3 Å². The maximum Gasteiger partial charge on any atom is 0.161 e. The summed E-state index contributed by atoms with van der Waals surface area (Å²) in [6.45, 7) is 2.09. The summed E-state index contributed by atoms with van der Waals surface area (Å²) in [7, 11) is 0. The first kappa shape index (κ1) is 16.2. The van der Waals surface area contributed by atoms with Crippen LogP contribution in [0.5, 0.6) is 0 Å². The number of fused-ring (bicyclic) bond motifs is 2. The van der Waals surface area contributed by atoms with Gasteiger partial charge in [-0.2, -0.15) is 10.2 Å². The van der Waals surface area contributed by atoms with Gasteiger partial charge in [0, 0.05) is 24.8 Å². The van der Waals surface area contributed by atoms with Crippen LogP contribution in [0.1, 0.15) is 19.3 Å². The van der Waals surface area contributed by atoms with Crippen LogP contribution in [-0.4, -0.2) is 53.4 Å². The van der Waals surface area contributed by atoms with Crippen LogP contribution >= 0.6 is 0 Å². The van der Waals surface area contributed by atoms with E-state index < -0.39 is 0 Å². The zero-order valence-corrected chi connectivity index (χ0v) is 15.7. The van der Waals surface area contributed by atoms with Gasteiger partial charge in [0.25, 0.3) is 0 Å². The van der Waals surface area contributed by atoms with E-state index >= 15 is 0 Å². The fourth-order valence-electron chi connectivity index (χ4n) is 4.01. The Bertz CT molecular complexity index is 1290. The molecule has 1 aliphatic rings. The number of H-pyrrole nitrogens is 3. The van der Waals surface area contributed by atoms with Gasteiger partial charge in [-0.05, 0) is 31.4 Å². The number of piperidine rings is 1. The highest BCUT2D eigenvalue weighted by atomic mass is 15.2. The quantitative estimate of drug-likeness (QED) is 0.439. The van der Waals surface area contributed by atoms with Crippen molar-refractivity contribution in [2.45, 2.75) is 19.3 Å². The third kappa shape index (κ3) is 2.65. The lowest BCUT2D eigenvalue weighted by molar-refractivity contribution is 0.578. The molecule has 9 nitrogen and oxygen atoms in total. The van der Waals surface area contributed by atoms with Gasteiger partial charge in [-0.15, -0.1) is 0 Å². The zero-order chi connectivity index (χ0) is 19.2. The molecule has 0 unspecified atom stereocenters. The van der Waals surface area contributed by atoms with Crippen molar-refractivity contribution in [1.29, 1.82) is 0 Å². The van der Waals surface area contributed by atoms with Gasteiger partial charge in [-0.1, -0.05) is 0 Å². The van der Waals surface area contributed by atoms with Crippen LogP contribution in [0.15, 0.2) is 36.9 Å². The second-order valence-electron chi connectivity index (χ2n) is 7.34. The molecule has 1 aliphatic heterocycles. The van der Waals surface area contributed by atoms with Gasteiger partial charge in [0.05, 0.1) is 41.0 Å². The van der Waals surface area contributed by atoms with Crippen LogP contribution in [-0.2, 0) is 0 Å². The molecule has 9 heteroatoms. The van der Waals surface area contributed by atoms with Crippen molar-refractivity contribution < 1.29 is 0 Å². The summed E-state index contributed by atoms with van der Waals surface area (Å²) in [5.74, 6) is 0.689. The molecule has 0 aliphatic carbocycles. The fraction of sp³-hybridized carbons (Fsp3) is 0.250. The van der Waals surface area contributed by atoms with Crippen LogP contribution in [0.2, 0.25) is 0 Å². The Kier molecular flexibility index (Phi) is 3.58. The van der Waals surface area contributed by atoms with E-state index in [9.17, 15) is 0 Å². The minimum atomic E-state index is 0.689. The first-order chi connectivity index (χ1) is 14.4. The number of anilines is 1. The smallest absolute Gasteiger partial charge is 0.161 e. The van der Waals surface area contributed by atoms with Gasteiger partial charge >= 0.3 is 0 Å². The number of imidazole rings is 1. The molecule has 1 saturated heterocycles. The Morgan fingerprint density at radius 1 is 0.897 bits per heavy atom. The first-order valence-corrected chi connectivity index (χ1v) is 9.80. The molecule has 5 aromatic heterocycles. The molecule has 0 amide bonds. The lowest BCUT2D eigenvalue weighted by Crippen LogP contribution is -2.29. The Labute approximate surface area is 165 Å². The number of nitrogens with one attached hydrogen (secondary N) is 3. The van der Waals surface area contributed by atoms with Crippen LogP contribution in [0, 0.1) is 0 Å². The van der Waals surface area contributed by atoms with E-state index in [0.29, 0.717) is 11.5 Å². The van der Waals surface area contributed by atoms with E-state index in [4.69, 9.17) is 9.97 Å². The van der Waals surface area contributed by atoms with Crippen molar-refractivity contribution in [3.8, 4) is 22.8 Å². The van der Waals surface area contributed by atoms with Crippen LogP contribution in [0.3, 0.4) is 0 Å². The summed E-state index contributed by atoms with van der Waals surface area (Å²) in [6.07, 6.45) is 11.0. The normalized spacial score (nSPS) is 14.8. The first-order valence-electron chi connectivity index (χ1n) is 9.80. The molecule has 6 rings (SSSR count). The molecule has 0 atom stereocenters. The standard InChI is InChI=1S/C20H19N9/c1-2-6-29(7-3-1)16-11-21-10-15-17(16)26-20(25-15)19-18-14(27-28-19)5-4-13(24-18)12-8-22-23-9-12/h4-5,8-11H,1-3,6-7H2,(H,22,23)(H,25,26)(H,27,28). The Hall–Kier alpha value is -3.75. The third-order valence-corrected chi connectivity index (χ3v) is 5.50. The maximum absolute atomic E-state index is 4.89. The molecule has 3 N–H and O–H groups in total. The van der Waals surface area contributed by atoms with Crippen molar-refractivity contribution >= 4 is 27.8 Å². The fourth-order valence-corrected chi connectivity index (χ4v) is 4.01. The summed E-state index contributed by atoms with van der Waals surface area (Å²) in [5.41, 5.74) is 7.02. The van der Waals surface area contributed by atoms with E-state index in [-0.39, 0.29) is 0 Å². The summed E-state index contributed by atoms with van der Waals surface area (Å²) in [6, 6.07) is 3.93. The number of rotatable bonds is 3. The summed E-state index contributed by atoms with van der Waals surface area (Å²) >= 11 is 0. The molecule has 0 saturated carbocycles. The van der Waals surface area contributed by atoms with Crippen LogP contribution in [0.25, 0.3) is 44.8 Å². The van der Waals surface area contributed by atoms with Gasteiger partial charge < -0.3 is 9.88 Å². The van der Waals surface area contributed by atoms with Crippen LogP contribution < -0.4 is 4.90 Å². The lowest BCUT2D eigenvalue weighted by atomic mass is 10.1. The lowest BCUT2D eigenvalue weighted by Gasteiger charge is -2.28. The van der Waals surface area contributed by atoms with Gasteiger partial charge in [0.15, 0.2) is 11.5 Å². The molecule has 0 bridgehead atoms. The Morgan fingerprint density at radius 2 is 1.83 bits per heavy atom. The second kappa shape index (κ2) is 6.40. The Balaban J connectivity index is 1.48. The number of aromatic nitrogens is 8. The second-order valence-corrected chi connectivity index (χ2v) is 7.34. The van der Waals surface area contributed by atoms with E-state index in [0.717, 1.165) is 52.1 Å². The molecular formula is C20H19N9. The minimum Gasteiger partial charge on any atom is -0.368 e. The largest absolute Gasteiger partial charge is 0.368 e. The summed E-state index contributed by atoms with van der Waals surface area (Å²) in [5, 5.41) is 14.4. The van der Waals surface area contributed by atoms with Gasteiger partial charge in [-0.3, -0.25) is 15.2 Å². The predicted octanol–water partition coefficient (Wildman–Crippen LogP) is 3.28. The van der Waals surface area contributed by atoms with Gasteiger partial charge in [0.1, 0.15) is 11.0 Å². The van der Waals surface area contributed by atoms with Crippen molar-refractivity contribution in [1.82, 2.24) is 40.3 Å². The summed E-state index contributed by atoms with van der Waals surface area (Å²) in [4.78, 5) is 19.9. The molecule has 0 spiro atoms. The van der Waals surface area contributed by atoms with Gasteiger partial charge in [-0.25, -0.2) is 9.97 Å². The monoisotopic (exact) mass is 385 g/mol. The van der Waals surface area contributed by atoms with E-state index in [1.54, 1.807) is 6.20 Å². The average molecular weight is 385 g/mol. The van der Waals surface area contributed by atoms with Crippen molar-refractivity contribution in [3.63, 3.8) is 0 Å². The molecule has 0 aromatic carbocycles. The molecule has 0 radical (unpaired) electrons. The average Bonchev–Trinajstić information content (AvgIpc) is 3.52. The zero-order valence-electron chi connectivity index (χ0n) is 15.7. The van der Waals surface area contributed by atoms with Crippen molar-refractivity contribution in [2.75, 3.05) is 18.0 Å². The molecular weight excluding hydrogens is 366 g/mol. The Morgan fingerprint density at radius 3 is 2.69 bits per heavy atom. The molecule has 6 heterocycles. The van der Waals surface area contributed by atoms with Crippen molar-refractivity contribution in [2.24, 2.45) is 0 Å². The number of nitrogens with zero attached hydrogens (tertiary/aromatic N) is 6. The molecule has 1 fully saturated rings. The molecule has 5 aromatic rings. The highest BCUT2D eigenvalue weighted by Gasteiger charge is 2.19. The van der Waals surface area contributed by atoms with E-state index in [1.807, 2.05) is 30.7 Å². The van der Waals surface area contributed by atoms with Gasteiger partial charge in [0.2, 0.25) is 0 Å². The van der Waals surface area contributed by atoms with Crippen LogP contribution in [0.4, 0.5) is 5.69 Å². The molecule has 29 heavy (non-hydrogen) atoms. The predicted molar refractivity (Wildman–Crippen MR) is 110 cm³/mol. The number of hydrogen-bond acceptors (Lipinski definition) is 6. The molecule has 144 valence electrons. The van der Waals surface area contributed by atoms with Crippen molar-refractivity contribution in [3.05, 3.63) is 36.9 Å². The third-order valence-electron chi connectivity index (χ3n) is 5.50. The number of pyridine rings is 2. The SMILES string of the molecule is c1n[nH]cc1-c1ccc2[nH]nc(-c3nc4c(N5CCCCC5)cncc4[nH]3)c2n1. The minimum absolute atomic E-state index is 0.689. The highest BCUT2D eigenvalue weighted by molar-refractivity contribution is 5.94. The number of aromatic amines is 3. The number of hydrogen-bond donors (Lipinski definition) is 3. The maximum atomic E-state index is 4.89. The van der Waals surface area contributed by atoms with E-state index in [1.165, 1.54) is 19.3 Å². The topological polar surface area (TPSA) is 115 Å². The summed E-state index contributed by atoms with van der Waals surface area (Å²) < 4.78 is 0.